The van der Waals surface area contributed by atoms with Crippen LogP contribution in [-0.2, 0) is 0 Å². The second-order valence-corrected chi connectivity index (χ2v) is 4.99. The summed E-state index contributed by atoms with van der Waals surface area (Å²) in [6.45, 7) is 9.40. The van der Waals surface area contributed by atoms with Crippen LogP contribution >= 0.6 is 0 Å². The monoisotopic (exact) mass is 169 g/mol. The normalized spacial score (nSPS) is 36.8. The Morgan fingerprint density at radius 2 is 2.00 bits per heavy atom. The van der Waals surface area contributed by atoms with Crippen molar-refractivity contribution in [1.82, 2.24) is 4.90 Å². The average molecular weight is 169 g/mol. The first kappa shape index (κ1) is 10.0. The van der Waals surface area contributed by atoms with Crippen LogP contribution in [0.15, 0.2) is 0 Å². The van der Waals surface area contributed by atoms with Gasteiger partial charge < -0.3 is 0 Å². The smallest absolute Gasteiger partial charge is 0.0155 e. The van der Waals surface area contributed by atoms with Gasteiger partial charge in [-0.3, -0.25) is 4.90 Å². The minimum absolute atomic E-state index is 0.415. The molecule has 2 unspecified atom stereocenters. The molecule has 0 N–H and O–H groups in total. The molecule has 1 nitrogen and oxygen atoms in total. The summed E-state index contributed by atoms with van der Waals surface area (Å²) in [6, 6.07) is 0.763. The fourth-order valence-corrected chi connectivity index (χ4v) is 2.48. The Morgan fingerprint density at radius 1 is 1.42 bits per heavy atom. The van der Waals surface area contributed by atoms with E-state index in [9.17, 15) is 0 Å². The van der Waals surface area contributed by atoms with E-state index < -0.39 is 0 Å². The summed E-state index contributed by atoms with van der Waals surface area (Å²) in [6.07, 6.45) is 4.10. The Balaban J connectivity index is 2.65. The summed E-state index contributed by atoms with van der Waals surface area (Å²) in [5.41, 5.74) is 0.415. The topological polar surface area (TPSA) is 3.24 Å². The van der Waals surface area contributed by atoms with E-state index in [-0.39, 0.29) is 0 Å². The first-order valence-corrected chi connectivity index (χ1v) is 5.20. The van der Waals surface area contributed by atoms with Crippen molar-refractivity contribution in [2.24, 2.45) is 5.92 Å². The Kier molecular flexibility index (Phi) is 2.82. The van der Waals surface area contributed by atoms with Crippen molar-refractivity contribution < 1.29 is 0 Å². The lowest BCUT2D eigenvalue weighted by Crippen LogP contribution is -2.51. The van der Waals surface area contributed by atoms with Crippen LogP contribution in [0.4, 0.5) is 0 Å². The highest BCUT2D eigenvalue weighted by atomic mass is 15.2. The van der Waals surface area contributed by atoms with Gasteiger partial charge in [0, 0.05) is 11.6 Å². The van der Waals surface area contributed by atoms with Crippen molar-refractivity contribution in [1.29, 1.82) is 0 Å². The van der Waals surface area contributed by atoms with Crippen LogP contribution in [0.1, 0.15) is 47.0 Å². The summed E-state index contributed by atoms with van der Waals surface area (Å²) < 4.78 is 0. The predicted octanol–water partition coefficient (Wildman–Crippen LogP) is 2.91. The van der Waals surface area contributed by atoms with Crippen LogP contribution in [0.25, 0.3) is 0 Å². The van der Waals surface area contributed by atoms with Gasteiger partial charge in [0.25, 0.3) is 0 Å². The summed E-state index contributed by atoms with van der Waals surface area (Å²) in [4.78, 5) is 2.53. The molecule has 2 atom stereocenters. The quantitative estimate of drug-likeness (QED) is 0.583. The van der Waals surface area contributed by atoms with E-state index in [2.05, 4.69) is 39.6 Å². The highest BCUT2D eigenvalue weighted by Crippen LogP contribution is 2.35. The Hall–Kier alpha value is -0.0400. The SMILES string of the molecule is CCC1CC(C)N(C)C(C)(C)C1. The van der Waals surface area contributed by atoms with Gasteiger partial charge in [0.05, 0.1) is 0 Å². The molecule has 0 aliphatic carbocycles. The highest BCUT2D eigenvalue weighted by molar-refractivity contribution is 4.90. The number of likely N-dealkylation sites (tertiary alicyclic amines) is 1. The van der Waals surface area contributed by atoms with Crippen molar-refractivity contribution in [2.45, 2.75) is 58.5 Å². The van der Waals surface area contributed by atoms with Gasteiger partial charge in [-0.05, 0) is 46.6 Å². The molecule has 0 saturated carbocycles. The van der Waals surface area contributed by atoms with E-state index in [0.717, 1.165) is 12.0 Å². The molecule has 1 rings (SSSR count). The van der Waals surface area contributed by atoms with Crippen LogP contribution in [-0.4, -0.2) is 23.5 Å². The fourth-order valence-electron chi connectivity index (χ4n) is 2.48. The summed E-state index contributed by atoms with van der Waals surface area (Å²) in [5.74, 6) is 0.950. The molecule has 12 heavy (non-hydrogen) atoms. The van der Waals surface area contributed by atoms with Crippen LogP contribution in [0, 0.1) is 5.92 Å². The molecule has 1 aliphatic heterocycles. The molecule has 0 aromatic heterocycles. The van der Waals surface area contributed by atoms with Crippen LogP contribution in [0.2, 0.25) is 0 Å². The van der Waals surface area contributed by atoms with Crippen molar-refractivity contribution in [3.63, 3.8) is 0 Å². The van der Waals surface area contributed by atoms with E-state index >= 15 is 0 Å². The van der Waals surface area contributed by atoms with E-state index in [4.69, 9.17) is 0 Å². The lowest BCUT2D eigenvalue weighted by molar-refractivity contribution is 0.0266. The molecule has 72 valence electrons. The molecule has 0 spiro atoms. The number of hydrogen-bond acceptors (Lipinski definition) is 1. The number of piperidine rings is 1. The maximum Gasteiger partial charge on any atom is 0.0155 e. The van der Waals surface area contributed by atoms with Gasteiger partial charge in [-0.2, -0.15) is 0 Å². The largest absolute Gasteiger partial charge is 0.299 e. The maximum atomic E-state index is 2.53. The predicted molar refractivity (Wildman–Crippen MR) is 54.3 cm³/mol. The first-order chi connectivity index (χ1) is 5.47. The second-order valence-electron chi connectivity index (χ2n) is 4.99. The Labute approximate surface area is 77.1 Å². The molecule has 1 heteroatoms. The van der Waals surface area contributed by atoms with Gasteiger partial charge in [-0.1, -0.05) is 13.3 Å². The van der Waals surface area contributed by atoms with Gasteiger partial charge >= 0.3 is 0 Å². The van der Waals surface area contributed by atoms with Gasteiger partial charge in [0.15, 0.2) is 0 Å². The molecule has 0 aromatic rings. The molecule has 1 fully saturated rings. The average Bonchev–Trinajstić information content (AvgIpc) is 1.99. The number of rotatable bonds is 1. The Morgan fingerprint density at radius 3 is 2.42 bits per heavy atom. The molecular weight excluding hydrogens is 146 g/mol. The van der Waals surface area contributed by atoms with Crippen LogP contribution in [0.3, 0.4) is 0 Å². The molecule has 1 heterocycles. The number of nitrogens with zero attached hydrogens (tertiary/aromatic N) is 1. The second kappa shape index (κ2) is 3.37. The third-order valence-corrected chi connectivity index (χ3v) is 3.66. The third kappa shape index (κ3) is 1.82. The van der Waals surface area contributed by atoms with E-state index in [1.54, 1.807) is 0 Å². The summed E-state index contributed by atoms with van der Waals surface area (Å²) >= 11 is 0. The van der Waals surface area contributed by atoms with E-state index in [1.807, 2.05) is 0 Å². The zero-order valence-corrected chi connectivity index (χ0v) is 9.22. The van der Waals surface area contributed by atoms with Gasteiger partial charge in [0.1, 0.15) is 0 Å². The lowest BCUT2D eigenvalue weighted by Gasteiger charge is -2.47. The van der Waals surface area contributed by atoms with Gasteiger partial charge in [0.2, 0.25) is 0 Å². The summed E-state index contributed by atoms with van der Waals surface area (Å²) in [5, 5.41) is 0. The van der Waals surface area contributed by atoms with Gasteiger partial charge in [-0.25, -0.2) is 0 Å². The van der Waals surface area contributed by atoms with E-state index in [1.165, 1.54) is 19.3 Å². The van der Waals surface area contributed by atoms with Crippen molar-refractivity contribution in [2.75, 3.05) is 7.05 Å². The molecule has 0 amide bonds. The Bertz CT molecular complexity index is 151. The van der Waals surface area contributed by atoms with Crippen LogP contribution in [0.5, 0.6) is 0 Å². The molecule has 0 aromatic carbocycles. The number of hydrogen-bond donors (Lipinski definition) is 0. The molecule has 0 bridgehead atoms. The van der Waals surface area contributed by atoms with Gasteiger partial charge in [-0.15, -0.1) is 0 Å². The van der Waals surface area contributed by atoms with E-state index in [0.29, 0.717) is 5.54 Å². The zero-order valence-electron chi connectivity index (χ0n) is 9.22. The maximum absolute atomic E-state index is 2.53. The van der Waals surface area contributed by atoms with Crippen molar-refractivity contribution in [3.8, 4) is 0 Å². The lowest BCUT2D eigenvalue weighted by atomic mass is 9.79. The van der Waals surface area contributed by atoms with Crippen LogP contribution < -0.4 is 0 Å². The standard InChI is InChI=1S/C11H23N/c1-6-10-7-9(2)12(5)11(3,4)8-10/h9-10H,6-8H2,1-5H3. The van der Waals surface area contributed by atoms with Crippen molar-refractivity contribution >= 4 is 0 Å². The molecular formula is C11H23N. The summed E-state index contributed by atoms with van der Waals surface area (Å²) in [7, 11) is 2.26. The highest BCUT2D eigenvalue weighted by Gasteiger charge is 2.35. The zero-order chi connectivity index (χ0) is 9.35. The molecule has 1 aliphatic rings. The fraction of sp³-hybridized carbons (Fsp3) is 1.00. The molecule has 0 radical (unpaired) electrons. The minimum Gasteiger partial charge on any atom is -0.299 e. The minimum atomic E-state index is 0.415. The molecule has 1 saturated heterocycles. The first-order valence-electron chi connectivity index (χ1n) is 5.20. The third-order valence-electron chi connectivity index (χ3n) is 3.66. The van der Waals surface area contributed by atoms with Crippen molar-refractivity contribution in [3.05, 3.63) is 0 Å².